The molecule has 0 saturated carbocycles. The molecule has 7 nitrogen and oxygen atoms in total. The van der Waals surface area contributed by atoms with Gasteiger partial charge in [-0.2, -0.15) is 4.98 Å². The third-order valence-corrected chi connectivity index (χ3v) is 3.36. The minimum Gasteiger partial charge on any atom is -0.497 e. The van der Waals surface area contributed by atoms with Gasteiger partial charge in [-0.3, -0.25) is 0 Å². The Hall–Kier alpha value is -3.48. The Balaban J connectivity index is 1.64. The van der Waals surface area contributed by atoms with Gasteiger partial charge in [-0.25, -0.2) is 15.1 Å². The number of nitrogens with one attached hydrogen (secondary N) is 1. The van der Waals surface area contributed by atoms with E-state index in [0.717, 1.165) is 22.6 Å². The maximum Gasteiger partial charge on any atom is 0.269 e. The summed E-state index contributed by atoms with van der Waals surface area (Å²) in [5, 5.41) is 6.75. The molecule has 0 aliphatic carbocycles. The Kier molecular flexibility index (Phi) is 5.16. The molecular weight excluding hydrogens is 318 g/mol. The predicted molar refractivity (Wildman–Crippen MR) is 96.9 cm³/mol. The average Bonchev–Trinajstić information content (AvgIpc) is 3.13. The number of aromatic nitrogens is 3. The average molecular weight is 335 g/mol. The van der Waals surface area contributed by atoms with Crippen molar-refractivity contribution in [2.24, 2.45) is 9.98 Å². The summed E-state index contributed by atoms with van der Waals surface area (Å²) in [6.45, 7) is 0. The first kappa shape index (κ1) is 16.4. The smallest absolute Gasteiger partial charge is 0.269 e. The highest BCUT2D eigenvalue weighted by Gasteiger charge is 1.99. The second-order valence-corrected chi connectivity index (χ2v) is 5.02. The summed E-state index contributed by atoms with van der Waals surface area (Å²) in [5.74, 6) is 2.30. The van der Waals surface area contributed by atoms with Gasteiger partial charge in [0, 0.05) is 12.4 Å². The van der Waals surface area contributed by atoms with E-state index in [-0.39, 0.29) is 0 Å². The van der Waals surface area contributed by atoms with Crippen LogP contribution >= 0.6 is 0 Å². The molecule has 0 bridgehead atoms. The molecular formula is C18H17N5O2. The molecule has 1 aromatic heterocycles. The van der Waals surface area contributed by atoms with Crippen molar-refractivity contribution >= 4 is 24.3 Å². The Labute approximate surface area is 145 Å². The van der Waals surface area contributed by atoms with Crippen LogP contribution in [0.5, 0.6) is 11.5 Å². The van der Waals surface area contributed by atoms with Gasteiger partial charge in [0.05, 0.1) is 14.2 Å². The molecule has 0 radical (unpaired) electrons. The molecule has 2 aromatic carbocycles. The van der Waals surface area contributed by atoms with Gasteiger partial charge in [-0.15, -0.1) is 5.10 Å². The van der Waals surface area contributed by atoms with Crippen LogP contribution in [0.2, 0.25) is 0 Å². The number of hydrogen-bond donors (Lipinski definition) is 1. The van der Waals surface area contributed by atoms with Crippen molar-refractivity contribution < 1.29 is 9.47 Å². The van der Waals surface area contributed by atoms with Crippen molar-refractivity contribution in [3.63, 3.8) is 0 Å². The summed E-state index contributed by atoms with van der Waals surface area (Å²) in [6.07, 6.45) is 3.37. The van der Waals surface area contributed by atoms with E-state index >= 15 is 0 Å². The Morgan fingerprint density at radius 2 is 1.32 bits per heavy atom. The minimum atomic E-state index is 0.317. The highest BCUT2D eigenvalue weighted by molar-refractivity contribution is 5.82. The van der Waals surface area contributed by atoms with Crippen molar-refractivity contribution in [3.8, 4) is 11.5 Å². The third-order valence-electron chi connectivity index (χ3n) is 3.36. The van der Waals surface area contributed by atoms with E-state index in [1.54, 1.807) is 26.6 Å². The van der Waals surface area contributed by atoms with E-state index in [9.17, 15) is 0 Å². The number of rotatable bonds is 6. The second-order valence-electron chi connectivity index (χ2n) is 5.02. The molecule has 0 aliphatic rings. The van der Waals surface area contributed by atoms with Gasteiger partial charge < -0.3 is 9.47 Å². The maximum absolute atomic E-state index is 5.12. The molecule has 126 valence electrons. The molecule has 7 heteroatoms. The summed E-state index contributed by atoms with van der Waals surface area (Å²) in [6, 6.07) is 15.1. The number of hydrogen-bond acceptors (Lipinski definition) is 6. The predicted octanol–water partition coefficient (Wildman–Crippen LogP) is 3.32. The molecule has 0 spiro atoms. The first-order valence-electron chi connectivity index (χ1n) is 7.55. The summed E-state index contributed by atoms with van der Waals surface area (Å²) in [7, 11) is 3.26. The second kappa shape index (κ2) is 7.87. The molecule has 3 aromatic rings. The molecule has 0 atom stereocenters. The topological polar surface area (TPSA) is 84.8 Å². The van der Waals surface area contributed by atoms with Crippen LogP contribution in [0.25, 0.3) is 0 Å². The lowest BCUT2D eigenvalue weighted by molar-refractivity contribution is 0.414. The third kappa shape index (κ3) is 4.51. The molecule has 3 rings (SSSR count). The molecule has 0 aliphatic heterocycles. The van der Waals surface area contributed by atoms with Crippen LogP contribution in [0, 0.1) is 0 Å². The molecule has 1 heterocycles. The molecule has 25 heavy (non-hydrogen) atoms. The van der Waals surface area contributed by atoms with Crippen molar-refractivity contribution in [1.29, 1.82) is 0 Å². The molecule has 1 N–H and O–H groups in total. The Bertz CT molecular complexity index is 795. The van der Waals surface area contributed by atoms with Crippen molar-refractivity contribution in [2.75, 3.05) is 14.2 Å². The number of aliphatic imine (C=N–C) groups is 2. The van der Waals surface area contributed by atoms with Crippen LogP contribution in [0.1, 0.15) is 11.1 Å². The van der Waals surface area contributed by atoms with E-state index in [1.807, 2.05) is 48.5 Å². The van der Waals surface area contributed by atoms with Gasteiger partial charge in [0.1, 0.15) is 11.5 Å². The number of H-pyrrole nitrogens is 1. The normalized spacial score (nSPS) is 11.3. The van der Waals surface area contributed by atoms with Crippen LogP contribution in [-0.4, -0.2) is 41.8 Å². The lowest BCUT2D eigenvalue weighted by Crippen LogP contribution is -1.84. The summed E-state index contributed by atoms with van der Waals surface area (Å²) in [4.78, 5) is 12.7. The zero-order valence-electron chi connectivity index (χ0n) is 13.9. The summed E-state index contributed by atoms with van der Waals surface area (Å²) < 4.78 is 10.2. The van der Waals surface area contributed by atoms with E-state index in [4.69, 9.17) is 9.47 Å². The maximum atomic E-state index is 5.12. The molecule has 0 amide bonds. The number of nitrogens with zero attached hydrogens (tertiary/aromatic N) is 4. The molecule has 0 fully saturated rings. The van der Waals surface area contributed by atoms with Crippen molar-refractivity contribution in [1.82, 2.24) is 15.2 Å². The minimum absolute atomic E-state index is 0.317. The monoisotopic (exact) mass is 335 g/mol. The first-order chi connectivity index (χ1) is 12.3. The quantitative estimate of drug-likeness (QED) is 0.700. The number of aromatic amines is 1. The number of ether oxygens (including phenoxy) is 2. The van der Waals surface area contributed by atoms with Crippen LogP contribution in [-0.2, 0) is 0 Å². The van der Waals surface area contributed by atoms with Gasteiger partial charge in [-0.1, -0.05) is 0 Å². The van der Waals surface area contributed by atoms with Crippen molar-refractivity contribution in [2.45, 2.75) is 0 Å². The van der Waals surface area contributed by atoms with E-state index in [0.29, 0.717) is 11.9 Å². The van der Waals surface area contributed by atoms with Crippen LogP contribution in [0.3, 0.4) is 0 Å². The first-order valence-corrected chi connectivity index (χ1v) is 7.55. The van der Waals surface area contributed by atoms with Gasteiger partial charge in [0.2, 0.25) is 5.95 Å². The van der Waals surface area contributed by atoms with Gasteiger partial charge >= 0.3 is 0 Å². The summed E-state index contributed by atoms with van der Waals surface area (Å²) >= 11 is 0. The van der Waals surface area contributed by atoms with Crippen LogP contribution in [0.15, 0.2) is 58.5 Å². The highest BCUT2D eigenvalue weighted by atomic mass is 16.5. The Morgan fingerprint density at radius 3 is 1.84 bits per heavy atom. The summed E-state index contributed by atoms with van der Waals surface area (Å²) in [5.41, 5.74) is 1.86. The largest absolute Gasteiger partial charge is 0.497 e. The zero-order valence-corrected chi connectivity index (χ0v) is 13.9. The molecule has 0 saturated heterocycles. The van der Waals surface area contributed by atoms with E-state index in [1.165, 1.54) is 0 Å². The Morgan fingerprint density at radius 1 is 0.800 bits per heavy atom. The van der Waals surface area contributed by atoms with E-state index < -0.39 is 0 Å². The SMILES string of the molecule is COc1ccc(/C=N/c2n[nH]c(/N=C/c3ccc(OC)cc3)n2)cc1. The van der Waals surface area contributed by atoms with Crippen molar-refractivity contribution in [3.05, 3.63) is 59.7 Å². The highest BCUT2D eigenvalue weighted by Crippen LogP contribution is 2.14. The fourth-order valence-electron chi connectivity index (χ4n) is 2.01. The van der Waals surface area contributed by atoms with Gasteiger partial charge in [0.25, 0.3) is 5.95 Å². The fraction of sp³-hybridized carbons (Fsp3) is 0.111. The lowest BCUT2D eigenvalue weighted by Gasteiger charge is -1.98. The standard InChI is InChI=1S/C18H17N5O2/c1-24-15-7-3-13(4-8-15)11-19-17-21-18(23-22-17)20-12-14-5-9-16(25-2)10-6-14/h3-12H,1-2H3,(H,21,22,23)/b19-11+,20-12+. The van der Waals surface area contributed by atoms with Gasteiger partial charge in [-0.05, 0) is 59.7 Å². The van der Waals surface area contributed by atoms with E-state index in [2.05, 4.69) is 25.2 Å². The lowest BCUT2D eigenvalue weighted by atomic mass is 10.2. The molecule has 0 unspecified atom stereocenters. The number of benzene rings is 2. The zero-order chi connectivity index (χ0) is 17.5. The van der Waals surface area contributed by atoms with Crippen LogP contribution < -0.4 is 9.47 Å². The number of methoxy groups -OCH3 is 2. The fourth-order valence-corrected chi connectivity index (χ4v) is 2.01. The van der Waals surface area contributed by atoms with Crippen LogP contribution in [0.4, 0.5) is 11.9 Å². The van der Waals surface area contributed by atoms with Gasteiger partial charge in [0.15, 0.2) is 0 Å².